The van der Waals surface area contributed by atoms with Crippen molar-refractivity contribution in [3.05, 3.63) is 0 Å². The van der Waals surface area contributed by atoms with Gasteiger partial charge in [0.15, 0.2) is 0 Å². The van der Waals surface area contributed by atoms with Crippen LogP contribution in [0, 0.1) is 5.92 Å². The molecule has 110 valence electrons. The van der Waals surface area contributed by atoms with Gasteiger partial charge in [-0.05, 0) is 46.0 Å². The quantitative estimate of drug-likeness (QED) is 0.800. The first-order valence-electron chi connectivity index (χ1n) is 7.66. The first kappa shape index (κ1) is 14.8. The fourth-order valence-corrected chi connectivity index (χ4v) is 3.12. The summed E-state index contributed by atoms with van der Waals surface area (Å²) < 4.78 is 5.54. The van der Waals surface area contributed by atoms with Gasteiger partial charge < -0.3 is 10.1 Å². The van der Waals surface area contributed by atoms with Crippen LogP contribution in [0.15, 0.2) is 0 Å². The van der Waals surface area contributed by atoms with Gasteiger partial charge in [-0.2, -0.15) is 0 Å². The van der Waals surface area contributed by atoms with Crippen LogP contribution in [0.4, 0.5) is 0 Å². The van der Waals surface area contributed by atoms with Gasteiger partial charge in [0, 0.05) is 19.2 Å². The van der Waals surface area contributed by atoms with Gasteiger partial charge in [0.05, 0.1) is 11.6 Å². The van der Waals surface area contributed by atoms with Crippen LogP contribution in [0.1, 0.15) is 52.9 Å². The molecule has 1 aliphatic heterocycles. The average Bonchev–Trinajstić information content (AvgIpc) is 2.98. The van der Waals surface area contributed by atoms with E-state index in [9.17, 15) is 4.79 Å². The third-order valence-corrected chi connectivity index (χ3v) is 4.52. The summed E-state index contributed by atoms with van der Waals surface area (Å²) in [7, 11) is 0. The van der Waals surface area contributed by atoms with Gasteiger partial charge >= 0.3 is 0 Å². The zero-order valence-corrected chi connectivity index (χ0v) is 12.5. The van der Waals surface area contributed by atoms with Crippen molar-refractivity contribution in [2.75, 3.05) is 13.2 Å². The second-order valence-electron chi connectivity index (χ2n) is 6.60. The number of amides is 1. The normalized spacial score (nSPS) is 28.8. The first-order chi connectivity index (χ1) is 8.99. The van der Waals surface area contributed by atoms with Gasteiger partial charge in [0.25, 0.3) is 0 Å². The van der Waals surface area contributed by atoms with Crippen molar-refractivity contribution in [3.8, 4) is 0 Å². The molecule has 1 saturated carbocycles. The first-order valence-corrected chi connectivity index (χ1v) is 7.66. The molecule has 2 rings (SSSR count). The molecule has 1 amide bonds. The lowest BCUT2D eigenvalue weighted by Gasteiger charge is -2.30. The summed E-state index contributed by atoms with van der Waals surface area (Å²) in [6.07, 6.45) is 6.35. The molecule has 1 saturated heterocycles. The summed E-state index contributed by atoms with van der Waals surface area (Å²) in [5.41, 5.74) is -0.523. The average molecular weight is 268 g/mol. The molecule has 2 fully saturated rings. The Balaban J connectivity index is 1.78. The molecule has 0 unspecified atom stereocenters. The molecule has 4 heteroatoms. The second-order valence-corrected chi connectivity index (χ2v) is 6.60. The van der Waals surface area contributed by atoms with Crippen LogP contribution in [-0.2, 0) is 9.53 Å². The molecule has 0 spiro atoms. The Morgan fingerprint density at radius 1 is 1.26 bits per heavy atom. The van der Waals surface area contributed by atoms with Crippen LogP contribution >= 0.6 is 0 Å². The molecule has 2 N–H and O–H groups in total. The number of hydrogen-bond acceptors (Lipinski definition) is 3. The molecule has 0 aromatic rings. The minimum absolute atomic E-state index is 0.110. The van der Waals surface area contributed by atoms with Crippen LogP contribution in [0.2, 0.25) is 0 Å². The van der Waals surface area contributed by atoms with Crippen LogP contribution < -0.4 is 10.6 Å². The summed E-state index contributed by atoms with van der Waals surface area (Å²) in [5, 5.41) is 6.55. The monoisotopic (exact) mass is 268 g/mol. The van der Waals surface area contributed by atoms with Crippen molar-refractivity contribution in [1.29, 1.82) is 0 Å². The van der Waals surface area contributed by atoms with Crippen molar-refractivity contribution in [3.63, 3.8) is 0 Å². The highest BCUT2D eigenvalue weighted by molar-refractivity contribution is 5.85. The number of ether oxygens (including phenoxy) is 1. The largest absolute Gasteiger partial charge is 0.377 e. The van der Waals surface area contributed by atoms with E-state index in [0.717, 1.165) is 19.6 Å². The Hall–Kier alpha value is -0.610. The number of rotatable bonds is 5. The lowest BCUT2D eigenvalue weighted by atomic mass is 9.99. The summed E-state index contributed by atoms with van der Waals surface area (Å²) in [5.74, 6) is 0.798. The summed E-state index contributed by atoms with van der Waals surface area (Å²) in [4.78, 5) is 12.3. The molecular formula is C15H28N2O2. The van der Waals surface area contributed by atoms with Gasteiger partial charge in [-0.3, -0.25) is 10.1 Å². The maximum Gasteiger partial charge on any atom is 0.239 e. The molecule has 1 heterocycles. The molecule has 0 bridgehead atoms. The van der Waals surface area contributed by atoms with Gasteiger partial charge in [-0.25, -0.2) is 0 Å². The fourth-order valence-electron chi connectivity index (χ4n) is 3.12. The highest BCUT2D eigenvalue weighted by atomic mass is 16.5. The van der Waals surface area contributed by atoms with Crippen LogP contribution in [0.5, 0.6) is 0 Å². The summed E-state index contributed by atoms with van der Waals surface area (Å²) >= 11 is 0. The molecule has 1 aliphatic carbocycles. The number of nitrogens with one attached hydrogen (secondary N) is 2. The predicted molar refractivity (Wildman–Crippen MR) is 76.0 cm³/mol. The van der Waals surface area contributed by atoms with Crippen molar-refractivity contribution in [2.24, 2.45) is 5.92 Å². The SMILES string of the molecule is C[C@@H]1OCC[C@H]1NC(C)(C)C(=O)NCC1CCCC1. The van der Waals surface area contributed by atoms with Crippen LogP contribution in [-0.4, -0.2) is 36.7 Å². The van der Waals surface area contributed by atoms with E-state index in [1.165, 1.54) is 25.7 Å². The zero-order chi connectivity index (χ0) is 13.9. The standard InChI is InChI=1S/C15H28N2O2/c1-11-13(8-9-19-11)17-15(2,3)14(18)16-10-12-6-4-5-7-12/h11-13,17H,4-10H2,1-3H3,(H,16,18)/t11-,13+/m0/s1. The molecule has 0 aromatic heterocycles. The van der Waals surface area contributed by atoms with E-state index in [0.29, 0.717) is 5.92 Å². The Kier molecular flexibility index (Phi) is 4.85. The van der Waals surface area contributed by atoms with Crippen molar-refractivity contribution in [1.82, 2.24) is 10.6 Å². The Morgan fingerprint density at radius 3 is 2.53 bits per heavy atom. The van der Waals surface area contributed by atoms with E-state index in [1.807, 2.05) is 13.8 Å². The van der Waals surface area contributed by atoms with E-state index < -0.39 is 5.54 Å². The van der Waals surface area contributed by atoms with E-state index in [-0.39, 0.29) is 18.1 Å². The second kappa shape index (κ2) is 6.23. The topological polar surface area (TPSA) is 50.4 Å². The van der Waals surface area contributed by atoms with Gasteiger partial charge in [-0.1, -0.05) is 12.8 Å². The summed E-state index contributed by atoms with van der Waals surface area (Å²) in [6, 6.07) is 0.284. The van der Waals surface area contributed by atoms with Crippen molar-refractivity contribution < 1.29 is 9.53 Å². The third kappa shape index (κ3) is 3.93. The number of carbonyl (C=O) groups excluding carboxylic acids is 1. The van der Waals surface area contributed by atoms with E-state index in [1.54, 1.807) is 0 Å². The summed E-state index contributed by atoms with van der Waals surface area (Å²) in [6.45, 7) is 7.61. The minimum Gasteiger partial charge on any atom is -0.377 e. The maximum absolute atomic E-state index is 12.3. The molecule has 2 atom stereocenters. The lowest BCUT2D eigenvalue weighted by molar-refractivity contribution is -0.127. The van der Waals surface area contributed by atoms with E-state index in [4.69, 9.17) is 4.74 Å². The minimum atomic E-state index is -0.523. The van der Waals surface area contributed by atoms with Crippen molar-refractivity contribution in [2.45, 2.75) is 70.6 Å². The smallest absolute Gasteiger partial charge is 0.239 e. The maximum atomic E-state index is 12.3. The van der Waals surface area contributed by atoms with Gasteiger partial charge in [0.2, 0.25) is 5.91 Å². The Bertz CT molecular complexity index is 311. The fraction of sp³-hybridized carbons (Fsp3) is 0.933. The highest BCUT2D eigenvalue weighted by Crippen LogP contribution is 2.24. The van der Waals surface area contributed by atoms with E-state index in [2.05, 4.69) is 17.6 Å². The van der Waals surface area contributed by atoms with Crippen LogP contribution in [0.3, 0.4) is 0 Å². The number of carbonyl (C=O) groups is 1. The van der Waals surface area contributed by atoms with E-state index >= 15 is 0 Å². The molecule has 2 aliphatic rings. The third-order valence-electron chi connectivity index (χ3n) is 4.52. The lowest BCUT2D eigenvalue weighted by Crippen LogP contribution is -2.57. The highest BCUT2D eigenvalue weighted by Gasteiger charge is 2.34. The zero-order valence-electron chi connectivity index (χ0n) is 12.5. The predicted octanol–water partition coefficient (Wildman–Crippen LogP) is 1.84. The van der Waals surface area contributed by atoms with Crippen molar-refractivity contribution >= 4 is 5.91 Å². The Morgan fingerprint density at radius 2 is 1.95 bits per heavy atom. The molecule has 0 radical (unpaired) electrons. The number of hydrogen-bond donors (Lipinski definition) is 2. The molecule has 19 heavy (non-hydrogen) atoms. The Labute approximate surface area is 116 Å². The van der Waals surface area contributed by atoms with Gasteiger partial charge in [-0.15, -0.1) is 0 Å². The molecule has 0 aromatic carbocycles. The van der Waals surface area contributed by atoms with Gasteiger partial charge in [0.1, 0.15) is 0 Å². The van der Waals surface area contributed by atoms with Crippen LogP contribution in [0.25, 0.3) is 0 Å². The molecular weight excluding hydrogens is 240 g/mol. The molecule has 4 nitrogen and oxygen atoms in total.